The fourth-order valence-corrected chi connectivity index (χ4v) is 3.56. The lowest BCUT2D eigenvalue weighted by molar-refractivity contribution is -0.133. The Morgan fingerprint density at radius 3 is 2.63 bits per heavy atom. The summed E-state index contributed by atoms with van der Waals surface area (Å²) in [6.45, 7) is -0.0528. The number of likely N-dealkylation sites (N-methyl/N-ethyl adjacent to an activating group) is 1. The summed E-state index contributed by atoms with van der Waals surface area (Å²) in [4.78, 5) is 31.1. The number of nitrogens with zero attached hydrogens (tertiary/aromatic N) is 3. The summed E-state index contributed by atoms with van der Waals surface area (Å²) < 4.78 is 14.7. The molecule has 5 nitrogen and oxygen atoms in total. The molecule has 1 saturated carbocycles. The van der Waals surface area contributed by atoms with Crippen molar-refractivity contribution < 1.29 is 9.18 Å². The number of carbonyl (C=O) groups excluding carboxylic acids is 1. The zero-order chi connectivity index (χ0) is 19.0. The van der Waals surface area contributed by atoms with Gasteiger partial charge in [0.2, 0.25) is 5.91 Å². The van der Waals surface area contributed by atoms with Crippen molar-refractivity contribution >= 4 is 16.9 Å². The van der Waals surface area contributed by atoms with E-state index in [4.69, 9.17) is 0 Å². The van der Waals surface area contributed by atoms with Gasteiger partial charge in [0.25, 0.3) is 5.56 Å². The zero-order valence-corrected chi connectivity index (χ0v) is 15.0. The number of fused-ring (bicyclic) bond motifs is 1. The van der Waals surface area contributed by atoms with Gasteiger partial charge in [0, 0.05) is 7.05 Å². The third-order valence-electron chi connectivity index (χ3n) is 5.14. The topological polar surface area (TPSA) is 55.2 Å². The number of amides is 1. The molecule has 0 unspecified atom stereocenters. The Morgan fingerprint density at radius 2 is 1.93 bits per heavy atom. The van der Waals surface area contributed by atoms with Gasteiger partial charge >= 0.3 is 0 Å². The number of aromatic nitrogens is 2. The number of para-hydroxylation sites is 2. The van der Waals surface area contributed by atoms with Crippen LogP contribution < -0.4 is 5.56 Å². The summed E-state index contributed by atoms with van der Waals surface area (Å²) in [7, 11) is 1.75. The molecular formula is C21H20FN3O2. The van der Waals surface area contributed by atoms with Gasteiger partial charge < -0.3 is 4.90 Å². The molecule has 1 amide bonds. The van der Waals surface area contributed by atoms with E-state index < -0.39 is 0 Å². The van der Waals surface area contributed by atoms with Crippen molar-refractivity contribution in [2.75, 3.05) is 7.05 Å². The predicted molar refractivity (Wildman–Crippen MR) is 101 cm³/mol. The molecule has 1 aliphatic rings. The van der Waals surface area contributed by atoms with Crippen LogP contribution in [0.3, 0.4) is 0 Å². The summed E-state index contributed by atoms with van der Waals surface area (Å²) in [6.07, 6.45) is 3.32. The number of rotatable bonds is 5. The van der Waals surface area contributed by atoms with Gasteiger partial charge in [0.05, 0.1) is 23.3 Å². The van der Waals surface area contributed by atoms with Crippen LogP contribution in [0.5, 0.6) is 0 Å². The van der Waals surface area contributed by atoms with Crippen LogP contribution in [0, 0.1) is 11.7 Å². The molecule has 4 rings (SSSR count). The van der Waals surface area contributed by atoms with Crippen molar-refractivity contribution in [3.63, 3.8) is 0 Å². The Hall–Kier alpha value is -3.02. The first-order chi connectivity index (χ1) is 13.0. The number of hydrogen-bond donors (Lipinski definition) is 0. The summed E-state index contributed by atoms with van der Waals surface area (Å²) in [5.74, 6) is -0.0814. The molecule has 2 aromatic carbocycles. The lowest BCUT2D eigenvalue weighted by Gasteiger charge is -2.29. The average molecular weight is 365 g/mol. The third-order valence-corrected chi connectivity index (χ3v) is 5.14. The van der Waals surface area contributed by atoms with Gasteiger partial charge in [-0.2, -0.15) is 0 Å². The SMILES string of the molecule is CN(C(=O)Cn1c(=O)cnc2ccccc21)[C@H](c1ccc(F)cc1)C1CC1. The Kier molecular flexibility index (Phi) is 4.48. The fourth-order valence-electron chi connectivity index (χ4n) is 3.56. The van der Waals surface area contributed by atoms with Crippen molar-refractivity contribution in [3.8, 4) is 0 Å². The minimum Gasteiger partial charge on any atom is -0.337 e. The Labute approximate surface area is 156 Å². The molecule has 0 spiro atoms. The minimum absolute atomic E-state index is 0.0528. The first-order valence-corrected chi connectivity index (χ1v) is 9.00. The zero-order valence-electron chi connectivity index (χ0n) is 15.0. The summed E-state index contributed by atoms with van der Waals surface area (Å²) in [5, 5.41) is 0. The second-order valence-corrected chi connectivity index (χ2v) is 7.01. The maximum atomic E-state index is 13.3. The highest BCUT2D eigenvalue weighted by molar-refractivity contribution is 5.80. The molecular weight excluding hydrogens is 345 g/mol. The van der Waals surface area contributed by atoms with Crippen LogP contribution in [0.15, 0.2) is 59.5 Å². The van der Waals surface area contributed by atoms with Crippen LogP contribution >= 0.6 is 0 Å². The second-order valence-electron chi connectivity index (χ2n) is 7.01. The molecule has 0 saturated heterocycles. The smallest absolute Gasteiger partial charge is 0.269 e. The Balaban J connectivity index is 1.63. The lowest BCUT2D eigenvalue weighted by atomic mass is 10.0. The lowest BCUT2D eigenvalue weighted by Crippen LogP contribution is -2.37. The van der Waals surface area contributed by atoms with Crippen molar-refractivity contribution in [3.05, 3.63) is 76.5 Å². The molecule has 0 radical (unpaired) electrons. The highest BCUT2D eigenvalue weighted by atomic mass is 19.1. The van der Waals surface area contributed by atoms with Gasteiger partial charge in [-0.3, -0.25) is 14.2 Å². The van der Waals surface area contributed by atoms with E-state index in [0.29, 0.717) is 17.0 Å². The second kappa shape index (κ2) is 6.95. The number of benzene rings is 2. The predicted octanol–water partition coefficient (Wildman–Crippen LogP) is 3.15. The maximum absolute atomic E-state index is 13.3. The number of hydrogen-bond acceptors (Lipinski definition) is 3. The Bertz CT molecular complexity index is 1040. The summed E-state index contributed by atoms with van der Waals surface area (Å²) in [6, 6.07) is 13.5. The molecule has 3 aromatic rings. The average Bonchev–Trinajstić information content (AvgIpc) is 3.50. The van der Waals surface area contributed by atoms with E-state index in [1.165, 1.54) is 22.9 Å². The molecule has 0 bridgehead atoms. The van der Waals surface area contributed by atoms with Gasteiger partial charge in [0.15, 0.2) is 0 Å². The molecule has 1 fully saturated rings. The van der Waals surface area contributed by atoms with Crippen LogP contribution in [-0.4, -0.2) is 27.4 Å². The van der Waals surface area contributed by atoms with Gasteiger partial charge in [-0.15, -0.1) is 0 Å². The molecule has 1 heterocycles. The van der Waals surface area contributed by atoms with Crippen molar-refractivity contribution in [2.45, 2.75) is 25.4 Å². The summed E-state index contributed by atoms with van der Waals surface area (Å²) in [5.41, 5.74) is 1.92. The first-order valence-electron chi connectivity index (χ1n) is 9.00. The van der Waals surface area contributed by atoms with Crippen LogP contribution in [-0.2, 0) is 11.3 Å². The molecule has 1 aliphatic carbocycles. The molecule has 1 atom stereocenters. The van der Waals surface area contributed by atoms with Gasteiger partial charge in [-0.25, -0.2) is 9.37 Å². The summed E-state index contributed by atoms with van der Waals surface area (Å²) >= 11 is 0. The van der Waals surface area contributed by atoms with Gasteiger partial charge in [-0.05, 0) is 48.6 Å². The number of halogens is 1. The van der Waals surface area contributed by atoms with E-state index in [2.05, 4.69) is 4.98 Å². The maximum Gasteiger partial charge on any atom is 0.269 e. The van der Waals surface area contributed by atoms with E-state index in [-0.39, 0.29) is 29.9 Å². The highest BCUT2D eigenvalue weighted by Crippen LogP contribution is 2.44. The van der Waals surface area contributed by atoms with Crippen LogP contribution in [0.1, 0.15) is 24.4 Å². The standard InChI is InChI=1S/C21H20FN3O2/c1-24(21(14-6-7-14)15-8-10-16(22)11-9-15)20(27)13-25-18-5-3-2-4-17(18)23-12-19(25)26/h2-5,8-12,14,21H,6-7,13H2,1H3/t21-/m0/s1. The largest absolute Gasteiger partial charge is 0.337 e. The van der Waals surface area contributed by atoms with E-state index in [0.717, 1.165) is 18.4 Å². The molecule has 27 heavy (non-hydrogen) atoms. The van der Waals surface area contributed by atoms with E-state index in [1.54, 1.807) is 30.1 Å². The molecule has 0 aliphatic heterocycles. The quantitative estimate of drug-likeness (QED) is 0.698. The van der Waals surface area contributed by atoms with Crippen molar-refractivity contribution in [1.82, 2.24) is 14.5 Å². The van der Waals surface area contributed by atoms with E-state index >= 15 is 0 Å². The molecule has 6 heteroatoms. The monoisotopic (exact) mass is 365 g/mol. The fraction of sp³-hybridized carbons (Fsp3) is 0.286. The van der Waals surface area contributed by atoms with E-state index in [1.807, 2.05) is 18.2 Å². The first kappa shape index (κ1) is 17.4. The Morgan fingerprint density at radius 1 is 1.22 bits per heavy atom. The van der Waals surface area contributed by atoms with Crippen LogP contribution in [0.2, 0.25) is 0 Å². The number of carbonyl (C=O) groups is 1. The normalized spacial score (nSPS) is 14.9. The van der Waals surface area contributed by atoms with Gasteiger partial charge in [-0.1, -0.05) is 24.3 Å². The molecule has 1 aromatic heterocycles. The highest BCUT2D eigenvalue weighted by Gasteiger charge is 2.37. The van der Waals surface area contributed by atoms with Crippen LogP contribution in [0.25, 0.3) is 11.0 Å². The minimum atomic E-state index is -0.305. The van der Waals surface area contributed by atoms with Crippen molar-refractivity contribution in [1.29, 1.82) is 0 Å². The molecule has 138 valence electrons. The van der Waals surface area contributed by atoms with Crippen molar-refractivity contribution in [2.24, 2.45) is 5.92 Å². The molecule has 0 N–H and O–H groups in total. The van der Waals surface area contributed by atoms with E-state index in [9.17, 15) is 14.0 Å². The van der Waals surface area contributed by atoms with Gasteiger partial charge in [0.1, 0.15) is 12.4 Å². The third kappa shape index (κ3) is 3.47. The van der Waals surface area contributed by atoms with Crippen LogP contribution in [0.4, 0.5) is 4.39 Å².